The summed E-state index contributed by atoms with van der Waals surface area (Å²) < 4.78 is 7.48. The smallest absolute Gasteiger partial charge is 0.219 e. The minimum absolute atomic E-state index is 0.109. The lowest BCUT2D eigenvalue weighted by Gasteiger charge is -2.38. The summed E-state index contributed by atoms with van der Waals surface area (Å²) in [5.41, 5.74) is 5.21. The molecule has 0 N–H and O–H groups in total. The number of allylic oxidation sites excluding steroid dienone is 2. The zero-order valence-electron chi connectivity index (χ0n) is 22.6. The highest BCUT2D eigenvalue weighted by molar-refractivity contribution is 5.77. The number of hydrogen-bond donors (Lipinski definition) is 0. The predicted molar refractivity (Wildman–Crippen MR) is 149 cm³/mol. The molecule has 198 valence electrons. The van der Waals surface area contributed by atoms with E-state index in [9.17, 15) is 4.79 Å². The Morgan fingerprint density at radius 3 is 2.66 bits per heavy atom. The van der Waals surface area contributed by atoms with E-state index in [0.717, 1.165) is 41.6 Å². The van der Waals surface area contributed by atoms with Crippen LogP contribution in [-0.2, 0) is 9.53 Å². The van der Waals surface area contributed by atoms with Crippen LogP contribution < -0.4 is 0 Å². The Morgan fingerprint density at radius 1 is 1.11 bits per heavy atom. The minimum Gasteiger partial charge on any atom is -0.384 e. The molecule has 5 rings (SSSR count). The van der Waals surface area contributed by atoms with Crippen LogP contribution in [0.5, 0.6) is 0 Å². The standard InChI is InChI=1S/C30H36N6O2/c1-21-7-5-10-25(17-34(21)3)23-8-6-9-24(13-23)30-31-14-26(15-32-30)27-16-33-36(19-27)29-11-12-35(22(2)37)18-28(29)20-38-4/h5-6,8-10,13-17,19,21,28-29H,7,11-12,18,20H2,1-4H3. The lowest BCUT2D eigenvalue weighted by molar-refractivity contribution is -0.131. The zero-order valence-corrected chi connectivity index (χ0v) is 22.6. The van der Waals surface area contributed by atoms with Gasteiger partial charge in [0.2, 0.25) is 5.91 Å². The maximum Gasteiger partial charge on any atom is 0.219 e. The topological polar surface area (TPSA) is 76.4 Å². The molecule has 8 heteroatoms. The predicted octanol–water partition coefficient (Wildman–Crippen LogP) is 4.68. The molecule has 3 aromatic rings. The third kappa shape index (κ3) is 5.55. The molecule has 2 aliphatic heterocycles. The lowest BCUT2D eigenvalue weighted by atomic mass is 9.92. The van der Waals surface area contributed by atoms with Crippen molar-refractivity contribution >= 4 is 11.5 Å². The van der Waals surface area contributed by atoms with E-state index < -0.39 is 0 Å². The van der Waals surface area contributed by atoms with Gasteiger partial charge in [-0.2, -0.15) is 5.10 Å². The molecular formula is C30H36N6O2. The second-order valence-corrected chi connectivity index (χ2v) is 10.4. The summed E-state index contributed by atoms with van der Waals surface area (Å²) >= 11 is 0. The van der Waals surface area contributed by atoms with Crippen LogP contribution in [-0.4, -0.2) is 75.4 Å². The van der Waals surface area contributed by atoms with Gasteiger partial charge in [0.1, 0.15) is 0 Å². The van der Waals surface area contributed by atoms with Gasteiger partial charge in [0, 0.05) is 87.6 Å². The number of carbonyl (C=O) groups is 1. The Balaban J connectivity index is 1.33. The maximum absolute atomic E-state index is 11.9. The normalized spacial score (nSPS) is 21.8. The Hall–Kier alpha value is -3.78. The summed E-state index contributed by atoms with van der Waals surface area (Å²) in [7, 11) is 3.83. The third-order valence-electron chi connectivity index (χ3n) is 7.71. The third-order valence-corrected chi connectivity index (χ3v) is 7.71. The van der Waals surface area contributed by atoms with Gasteiger partial charge in [0.25, 0.3) is 0 Å². The average Bonchev–Trinajstić information content (AvgIpc) is 3.36. The van der Waals surface area contributed by atoms with Crippen molar-refractivity contribution in [3.05, 3.63) is 73.0 Å². The summed E-state index contributed by atoms with van der Waals surface area (Å²) in [5.74, 6) is 0.996. The molecule has 38 heavy (non-hydrogen) atoms. The molecule has 0 aliphatic carbocycles. The first kappa shape index (κ1) is 25.9. The van der Waals surface area contributed by atoms with Crippen molar-refractivity contribution in [3.63, 3.8) is 0 Å². The van der Waals surface area contributed by atoms with Crippen molar-refractivity contribution in [1.82, 2.24) is 29.5 Å². The van der Waals surface area contributed by atoms with Crippen molar-refractivity contribution in [2.24, 2.45) is 5.92 Å². The van der Waals surface area contributed by atoms with Gasteiger partial charge in [0.05, 0.1) is 18.8 Å². The van der Waals surface area contributed by atoms with Crippen LogP contribution in [0.15, 0.2) is 67.4 Å². The van der Waals surface area contributed by atoms with Gasteiger partial charge in [-0.25, -0.2) is 9.97 Å². The molecule has 1 saturated heterocycles. The fourth-order valence-corrected chi connectivity index (χ4v) is 5.28. The van der Waals surface area contributed by atoms with Crippen LogP contribution in [0.2, 0.25) is 0 Å². The van der Waals surface area contributed by atoms with Crippen LogP contribution in [0.1, 0.15) is 38.3 Å². The van der Waals surface area contributed by atoms with Gasteiger partial charge in [-0.05, 0) is 37.0 Å². The number of benzene rings is 1. The second-order valence-electron chi connectivity index (χ2n) is 10.4. The Labute approximate surface area is 224 Å². The van der Waals surface area contributed by atoms with Crippen LogP contribution >= 0.6 is 0 Å². The highest BCUT2D eigenvalue weighted by atomic mass is 16.5. The quantitative estimate of drug-likeness (QED) is 0.477. The van der Waals surface area contributed by atoms with E-state index in [1.54, 1.807) is 14.0 Å². The average molecular weight is 513 g/mol. The number of likely N-dealkylation sites (tertiary alicyclic amines) is 1. The molecule has 1 aromatic carbocycles. The monoisotopic (exact) mass is 512 g/mol. The molecule has 8 nitrogen and oxygen atoms in total. The van der Waals surface area contributed by atoms with E-state index >= 15 is 0 Å². The Kier molecular flexibility index (Phi) is 7.69. The summed E-state index contributed by atoms with van der Waals surface area (Å²) in [6.07, 6.45) is 16.2. The fraction of sp³-hybridized carbons (Fsp3) is 0.400. The first-order valence-corrected chi connectivity index (χ1v) is 13.2. The van der Waals surface area contributed by atoms with E-state index in [1.807, 2.05) is 34.2 Å². The maximum atomic E-state index is 11.9. The van der Waals surface area contributed by atoms with Gasteiger partial charge in [-0.15, -0.1) is 0 Å². The van der Waals surface area contributed by atoms with E-state index in [2.05, 4.69) is 66.7 Å². The van der Waals surface area contributed by atoms with Crippen molar-refractivity contribution in [1.29, 1.82) is 0 Å². The van der Waals surface area contributed by atoms with Gasteiger partial charge >= 0.3 is 0 Å². The van der Waals surface area contributed by atoms with Crippen LogP contribution in [0.3, 0.4) is 0 Å². The molecule has 0 saturated carbocycles. The zero-order chi connectivity index (χ0) is 26.6. The van der Waals surface area contributed by atoms with Crippen LogP contribution in [0.25, 0.3) is 28.1 Å². The lowest BCUT2D eigenvalue weighted by Crippen LogP contribution is -2.45. The SMILES string of the molecule is COCC1CN(C(C)=O)CCC1n1cc(-c2cnc(-c3cccc(C4=CN(C)C(C)CC=C4)c3)nc2)cn1. The number of piperidine rings is 1. The van der Waals surface area contributed by atoms with E-state index in [0.29, 0.717) is 25.0 Å². The minimum atomic E-state index is 0.109. The summed E-state index contributed by atoms with van der Waals surface area (Å²) in [4.78, 5) is 25.4. The van der Waals surface area contributed by atoms with Crippen molar-refractivity contribution in [2.45, 2.75) is 38.8 Å². The number of methoxy groups -OCH3 is 1. The molecule has 1 fully saturated rings. The summed E-state index contributed by atoms with van der Waals surface area (Å²) in [6, 6.07) is 9.04. The van der Waals surface area contributed by atoms with Gasteiger partial charge in [-0.1, -0.05) is 30.4 Å². The number of carbonyl (C=O) groups excluding carboxylic acids is 1. The number of amides is 1. The van der Waals surface area contributed by atoms with Crippen molar-refractivity contribution in [3.8, 4) is 22.5 Å². The number of aromatic nitrogens is 4. The number of nitrogens with zero attached hydrogens (tertiary/aromatic N) is 6. The Morgan fingerprint density at radius 2 is 1.89 bits per heavy atom. The number of hydrogen-bond acceptors (Lipinski definition) is 6. The van der Waals surface area contributed by atoms with Gasteiger partial charge in [-0.3, -0.25) is 9.48 Å². The summed E-state index contributed by atoms with van der Waals surface area (Å²) in [5, 5.41) is 4.67. The van der Waals surface area contributed by atoms with E-state index in [4.69, 9.17) is 14.7 Å². The van der Waals surface area contributed by atoms with Crippen LogP contribution in [0, 0.1) is 5.92 Å². The van der Waals surface area contributed by atoms with Crippen molar-refractivity contribution in [2.75, 3.05) is 33.9 Å². The molecule has 3 unspecified atom stereocenters. The largest absolute Gasteiger partial charge is 0.384 e. The van der Waals surface area contributed by atoms with E-state index in [-0.39, 0.29) is 17.9 Å². The number of ether oxygens (including phenoxy) is 1. The molecule has 4 heterocycles. The molecule has 2 aliphatic rings. The molecule has 0 spiro atoms. The fourth-order valence-electron chi connectivity index (χ4n) is 5.28. The van der Waals surface area contributed by atoms with Gasteiger partial charge < -0.3 is 14.5 Å². The molecule has 3 atom stereocenters. The molecule has 0 bridgehead atoms. The first-order valence-electron chi connectivity index (χ1n) is 13.2. The molecule has 1 amide bonds. The highest BCUT2D eigenvalue weighted by Gasteiger charge is 2.32. The molecule has 0 radical (unpaired) electrons. The van der Waals surface area contributed by atoms with E-state index in [1.165, 1.54) is 5.57 Å². The first-order chi connectivity index (χ1) is 18.4. The molecular weight excluding hydrogens is 476 g/mol. The van der Waals surface area contributed by atoms with Crippen LogP contribution in [0.4, 0.5) is 0 Å². The summed E-state index contributed by atoms with van der Waals surface area (Å²) in [6.45, 7) is 5.86. The highest BCUT2D eigenvalue weighted by Crippen LogP contribution is 2.31. The van der Waals surface area contributed by atoms with Crippen molar-refractivity contribution < 1.29 is 9.53 Å². The Bertz CT molecular complexity index is 1330. The van der Waals surface area contributed by atoms with Gasteiger partial charge in [0.15, 0.2) is 5.82 Å². The molecule has 2 aromatic heterocycles. The second kappa shape index (κ2) is 11.3. The number of rotatable bonds is 6.